The van der Waals surface area contributed by atoms with Crippen molar-refractivity contribution in [2.24, 2.45) is 0 Å². The monoisotopic (exact) mass is 354 g/mol. The molecule has 0 amide bonds. The first-order chi connectivity index (χ1) is 12.2. The maximum atomic E-state index is 12.8. The molecule has 128 valence electrons. The number of carbonyl (C=O) groups excluding carboxylic acids is 1. The fourth-order valence-corrected chi connectivity index (χ4v) is 3.45. The first kappa shape index (κ1) is 17.2. The molecule has 4 nitrogen and oxygen atoms in total. The van der Waals surface area contributed by atoms with E-state index in [4.69, 9.17) is 14.2 Å². The molecule has 0 aliphatic heterocycles. The van der Waals surface area contributed by atoms with Crippen LogP contribution in [0.4, 0.5) is 0 Å². The predicted molar refractivity (Wildman–Crippen MR) is 100 cm³/mol. The fourth-order valence-electron chi connectivity index (χ4n) is 2.67. The van der Waals surface area contributed by atoms with Gasteiger partial charge in [-0.3, -0.25) is 4.79 Å². The highest BCUT2D eigenvalue weighted by molar-refractivity contribution is 8.14. The minimum Gasteiger partial charge on any atom is -0.495 e. The minimum atomic E-state index is -0.0881. The van der Waals surface area contributed by atoms with Gasteiger partial charge in [0.05, 0.1) is 26.9 Å². The van der Waals surface area contributed by atoms with Crippen LogP contribution in [-0.4, -0.2) is 26.4 Å². The Morgan fingerprint density at radius 2 is 1.60 bits per heavy atom. The Morgan fingerprint density at radius 1 is 0.840 bits per heavy atom. The molecule has 0 heterocycles. The van der Waals surface area contributed by atoms with Gasteiger partial charge in [-0.1, -0.05) is 30.3 Å². The van der Waals surface area contributed by atoms with Crippen molar-refractivity contribution >= 4 is 27.6 Å². The standard InChI is InChI=1S/C20H18O4S/c1-22-17-11-9-14(12-18(17)23-2)25-20(21)16-10-8-13-6-4-5-7-15(13)19(16)24-3/h4-12H,1-3H3. The number of ether oxygens (including phenoxy) is 3. The Kier molecular flexibility index (Phi) is 5.14. The van der Waals surface area contributed by atoms with Crippen LogP contribution in [0.3, 0.4) is 0 Å². The van der Waals surface area contributed by atoms with Crippen LogP contribution in [0.15, 0.2) is 59.5 Å². The summed E-state index contributed by atoms with van der Waals surface area (Å²) in [4.78, 5) is 13.6. The third-order valence-electron chi connectivity index (χ3n) is 3.87. The summed E-state index contributed by atoms with van der Waals surface area (Å²) < 4.78 is 16.0. The maximum absolute atomic E-state index is 12.8. The predicted octanol–water partition coefficient (Wildman–Crippen LogP) is 4.80. The Bertz CT molecular complexity index is 921. The third kappa shape index (κ3) is 3.42. The molecule has 0 radical (unpaired) electrons. The Morgan fingerprint density at radius 3 is 2.32 bits per heavy atom. The second-order valence-corrected chi connectivity index (χ2v) is 6.32. The summed E-state index contributed by atoms with van der Waals surface area (Å²) in [6, 6.07) is 17.0. The zero-order valence-corrected chi connectivity index (χ0v) is 15.1. The van der Waals surface area contributed by atoms with E-state index in [0.29, 0.717) is 22.8 Å². The average Bonchev–Trinajstić information content (AvgIpc) is 2.66. The van der Waals surface area contributed by atoms with Gasteiger partial charge >= 0.3 is 0 Å². The molecule has 3 aromatic rings. The van der Waals surface area contributed by atoms with Crippen LogP contribution >= 0.6 is 11.8 Å². The van der Waals surface area contributed by atoms with Crippen molar-refractivity contribution < 1.29 is 19.0 Å². The molecule has 0 N–H and O–H groups in total. The van der Waals surface area contributed by atoms with Crippen LogP contribution in [-0.2, 0) is 0 Å². The molecule has 0 unspecified atom stereocenters. The number of thioether (sulfide) groups is 1. The van der Waals surface area contributed by atoms with Crippen molar-refractivity contribution in [3.8, 4) is 17.2 Å². The molecule has 0 aromatic heterocycles. The van der Waals surface area contributed by atoms with Crippen LogP contribution in [0.1, 0.15) is 10.4 Å². The molecule has 5 heteroatoms. The number of methoxy groups -OCH3 is 3. The van der Waals surface area contributed by atoms with Gasteiger partial charge in [0.25, 0.3) is 0 Å². The molecule has 0 atom stereocenters. The number of rotatable bonds is 5. The van der Waals surface area contributed by atoms with E-state index >= 15 is 0 Å². The second-order valence-electron chi connectivity index (χ2n) is 5.27. The van der Waals surface area contributed by atoms with Crippen LogP contribution in [0, 0.1) is 0 Å². The van der Waals surface area contributed by atoms with Crippen molar-refractivity contribution in [3.63, 3.8) is 0 Å². The highest BCUT2D eigenvalue weighted by Crippen LogP contribution is 2.36. The molecule has 0 spiro atoms. The van der Waals surface area contributed by atoms with Gasteiger partial charge < -0.3 is 14.2 Å². The first-order valence-electron chi connectivity index (χ1n) is 7.68. The lowest BCUT2D eigenvalue weighted by molar-refractivity contribution is 0.108. The largest absolute Gasteiger partial charge is 0.495 e. The van der Waals surface area contributed by atoms with Crippen molar-refractivity contribution in [2.75, 3.05) is 21.3 Å². The Labute approximate surface area is 150 Å². The quantitative estimate of drug-likeness (QED) is 0.616. The van der Waals surface area contributed by atoms with Crippen LogP contribution < -0.4 is 14.2 Å². The summed E-state index contributed by atoms with van der Waals surface area (Å²) in [5, 5.41) is 1.87. The van der Waals surface area contributed by atoms with Crippen LogP contribution in [0.2, 0.25) is 0 Å². The summed E-state index contributed by atoms with van der Waals surface area (Å²) in [5.74, 6) is 1.81. The van der Waals surface area contributed by atoms with Crippen molar-refractivity contribution in [3.05, 3.63) is 60.2 Å². The fraction of sp³-hybridized carbons (Fsp3) is 0.150. The molecule has 0 saturated carbocycles. The molecular formula is C20H18O4S. The summed E-state index contributed by atoms with van der Waals surface area (Å²) in [6.45, 7) is 0. The molecule has 0 fully saturated rings. The minimum absolute atomic E-state index is 0.0881. The summed E-state index contributed by atoms with van der Waals surface area (Å²) in [5.41, 5.74) is 0.543. The topological polar surface area (TPSA) is 44.8 Å². The zero-order chi connectivity index (χ0) is 17.8. The highest BCUT2D eigenvalue weighted by atomic mass is 32.2. The van der Waals surface area contributed by atoms with Crippen LogP contribution in [0.5, 0.6) is 17.2 Å². The van der Waals surface area contributed by atoms with E-state index in [1.165, 1.54) is 0 Å². The number of fused-ring (bicyclic) bond motifs is 1. The van der Waals surface area contributed by atoms with Gasteiger partial charge in [0.1, 0.15) is 5.75 Å². The summed E-state index contributed by atoms with van der Waals surface area (Å²) in [6.07, 6.45) is 0. The van der Waals surface area contributed by atoms with Gasteiger partial charge in [0, 0.05) is 10.3 Å². The Balaban J connectivity index is 1.95. The lowest BCUT2D eigenvalue weighted by Gasteiger charge is -2.12. The van der Waals surface area contributed by atoms with Gasteiger partial charge in [-0.15, -0.1) is 0 Å². The van der Waals surface area contributed by atoms with Gasteiger partial charge in [-0.25, -0.2) is 0 Å². The van der Waals surface area contributed by atoms with Crippen LogP contribution in [0.25, 0.3) is 10.8 Å². The molecule has 3 rings (SSSR count). The molecule has 0 aliphatic carbocycles. The SMILES string of the molecule is COc1ccc(SC(=O)c2ccc3ccccc3c2OC)cc1OC. The maximum Gasteiger partial charge on any atom is 0.227 e. The number of hydrogen-bond acceptors (Lipinski definition) is 5. The smallest absolute Gasteiger partial charge is 0.227 e. The van der Waals surface area contributed by atoms with E-state index in [2.05, 4.69) is 0 Å². The van der Waals surface area contributed by atoms with E-state index in [1.54, 1.807) is 39.5 Å². The lowest BCUT2D eigenvalue weighted by Crippen LogP contribution is -1.99. The van der Waals surface area contributed by atoms with E-state index in [1.807, 2.05) is 36.4 Å². The molecule has 3 aromatic carbocycles. The van der Waals surface area contributed by atoms with Crippen molar-refractivity contribution in [1.82, 2.24) is 0 Å². The lowest BCUT2D eigenvalue weighted by atomic mass is 10.1. The highest BCUT2D eigenvalue weighted by Gasteiger charge is 2.17. The van der Waals surface area contributed by atoms with E-state index in [0.717, 1.165) is 27.4 Å². The van der Waals surface area contributed by atoms with Crippen molar-refractivity contribution in [2.45, 2.75) is 4.90 Å². The molecule has 0 aliphatic rings. The molecule has 25 heavy (non-hydrogen) atoms. The zero-order valence-electron chi connectivity index (χ0n) is 14.2. The summed E-state index contributed by atoms with van der Waals surface area (Å²) >= 11 is 1.13. The third-order valence-corrected chi connectivity index (χ3v) is 4.76. The van der Waals surface area contributed by atoms with Gasteiger partial charge in [-0.2, -0.15) is 0 Å². The summed E-state index contributed by atoms with van der Waals surface area (Å²) in [7, 11) is 4.73. The molecular weight excluding hydrogens is 336 g/mol. The van der Waals surface area contributed by atoms with E-state index in [-0.39, 0.29) is 5.12 Å². The number of carbonyl (C=O) groups is 1. The van der Waals surface area contributed by atoms with Gasteiger partial charge in [0.2, 0.25) is 5.12 Å². The van der Waals surface area contributed by atoms with Gasteiger partial charge in [-0.05, 0) is 41.4 Å². The molecule has 0 bridgehead atoms. The van der Waals surface area contributed by atoms with Gasteiger partial charge in [0.15, 0.2) is 11.5 Å². The molecule has 0 saturated heterocycles. The van der Waals surface area contributed by atoms with E-state index in [9.17, 15) is 4.79 Å². The second kappa shape index (κ2) is 7.49. The number of hydrogen-bond donors (Lipinski definition) is 0. The van der Waals surface area contributed by atoms with E-state index < -0.39 is 0 Å². The Hall–Kier alpha value is -2.66. The normalized spacial score (nSPS) is 10.5. The van der Waals surface area contributed by atoms with Crippen molar-refractivity contribution in [1.29, 1.82) is 0 Å². The number of benzene rings is 3. The average molecular weight is 354 g/mol. The first-order valence-corrected chi connectivity index (χ1v) is 8.49.